The lowest BCUT2D eigenvalue weighted by molar-refractivity contribution is -0.178. The maximum Gasteiger partial charge on any atom is 0.164 e. The summed E-state index contributed by atoms with van der Waals surface area (Å²) in [5.41, 5.74) is 0. The lowest BCUT2D eigenvalue weighted by Crippen LogP contribution is -2.45. The third kappa shape index (κ3) is 3.25. The molecule has 0 amide bonds. The van der Waals surface area contributed by atoms with Gasteiger partial charge in [-0.25, -0.2) is 0 Å². The van der Waals surface area contributed by atoms with Crippen LogP contribution in [0.25, 0.3) is 0 Å². The Labute approximate surface area is 126 Å². The molecule has 0 bridgehead atoms. The normalized spacial score (nSPS) is 44.3. The Morgan fingerprint density at radius 2 is 0.952 bits per heavy atom. The second-order valence-corrected chi connectivity index (χ2v) is 7.30. The second-order valence-electron chi connectivity index (χ2n) is 7.30. The van der Waals surface area contributed by atoms with E-state index >= 15 is 0 Å². The lowest BCUT2D eigenvalue weighted by Gasteiger charge is -2.26. The highest BCUT2D eigenvalue weighted by molar-refractivity contribution is 4.96. The summed E-state index contributed by atoms with van der Waals surface area (Å²) in [6, 6.07) is 0. The molecule has 0 aromatic heterocycles. The highest BCUT2D eigenvalue weighted by atomic mass is 16.8. The van der Waals surface area contributed by atoms with Crippen LogP contribution in [0, 0.1) is 0 Å². The van der Waals surface area contributed by atoms with Crippen molar-refractivity contribution in [3.63, 3.8) is 0 Å². The predicted molar refractivity (Wildman–Crippen MR) is 73.6 cm³/mol. The van der Waals surface area contributed by atoms with Gasteiger partial charge in [-0.15, -0.1) is 0 Å². The third-order valence-electron chi connectivity index (χ3n) is 3.96. The van der Waals surface area contributed by atoms with Crippen LogP contribution in [0.4, 0.5) is 0 Å². The molecule has 3 saturated heterocycles. The number of ether oxygens (including phenoxy) is 6. The molecule has 3 heterocycles. The van der Waals surface area contributed by atoms with Gasteiger partial charge in [-0.05, 0) is 41.5 Å². The van der Waals surface area contributed by atoms with Gasteiger partial charge in [-0.1, -0.05) is 0 Å². The fraction of sp³-hybridized carbons (Fsp3) is 1.00. The fourth-order valence-corrected chi connectivity index (χ4v) is 3.15. The van der Waals surface area contributed by atoms with Gasteiger partial charge in [-0.3, -0.25) is 0 Å². The van der Waals surface area contributed by atoms with E-state index in [4.69, 9.17) is 28.4 Å². The summed E-state index contributed by atoms with van der Waals surface area (Å²) in [4.78, 5) is 0. The van der Waals surface area contributed by atoms with Crippen LogP contribution < -0.4 is 0 Å². The van der Waals surface area contributed by atoms with Crippen LogP contribution in [0.15, 0.2) is 0 Å². The van der Waals surface area contributed by atoms with Crippen molar-refractivity contribution < 1.29 is 28.4 Å². The minimum absolute atomic E-state index is 0.168. The molecular weight excluding hydrogens is 276 g/mol. The van der Waals surface area contributed by atoms with Crippen LogP contribution in [0.5, 0.6) is 0 Å². The van der Waals surface area contributed by atoms with Crippen molar-refractivity contribution in [3.8, 4) is 0 Å². The molecule has 3 fully saturated rings. The SMILES string of the molecule is CC1(C)OC([C@H]2COC(C)(C)O2)C([C@H]2COC(C)(C)O2)O1. The number of hydrogen-bond donors (Lipinski definition) is 0. The van der Waals surface area contributed by atoms with Crippen LogP contribution in [0.2, 0.25) is 0 Å². The Morgan fingerprint density at radius 3 is 1.24 bits per heavy atom. The standard InChI is InChI=1S/C15H26O6/c1-13(2)16-7-9(18-13)11-12(21-15(5,6)20-11)10-8-17-14(3,4)19-10/h9-12H,7-8H2,1-6H3/t9-,10-,11?,12?/m1/s1. The Balaban J connectivity index is 1.75. The van der Waals surface area contributed by atoms with Gasteiger partial charge >= 0.3 is 0 Å². The largest absolute Gasteiger partial charge is 0.348 e. The maximum absolute atomic E-state index is 6.06. The summed E-state index contributed by atoms with van der Waals surface area (Å²) in [6.07, 6.45) is -0.799. The smallest absolute Gasteiger partial charge is 0.164 e. The summed E-state index contributed by atoms with van der Waals surface area (Å²) >= 11 is 0. The van der Waals surface area contributed by atoms with Crippen LogP contribution in [-0.2, 0) is 28.4 Å². The molecule has 4 atom stereocenters. The monoisotopic (exact) mass is 302 g/mol. The Morgan fingerprint density at radius 1 is 0.571 bits per heavy atom. The van der Waals surface area contributed by atoms with E-state index in [9.17, 15) is 0 Å². The topological polar surface area (TPSA) is 55.4 Å². The molecule has 0 N–H and O–H groups in total. The summed E-state index contributed by atoms with van der Waals surface area (Å²) in [7, 11) is 0. The van der Waals surface area contributed by atoms with Crippen molar-refractivity contribution in [2.24, 2.45) is 0 Å². The van der Waals surface area contributed by atoms with Gasteiger partial charge < -0.3 is 28.4 Å². The van der Waals surface area contributed by atoms with E-state index in [2.05, 4.69) is 0 Å². The molecule has 0 aromatic carbocycles. The van der Waals surface area contributed by atoms with E-state index < -0.39 is 17.4 Å². The maximum atomic E-state index is 6.06. The molecule has 0 spiro atoms. The molecule has 122 valence electrons. The molecule has 3 aliphatic heterocycles. The average Bonchev–Trinajstić information content (AvgIpc) is 2.94. The van der Waals surface area contributed by atoms with Gasteiger partial charge in [0.15, 0.2) is 17.4 Å². The van der Waals surface area contributed by atoms with E-state index in [0.29, 0.717) is 13.2 Å². The molecule has 0 radical (unpaired) electrons. The molecule has 21 heavy (non-hydrogen) atoms. The summed E-state index contributed by atoms with van der Waals surface area (Å²) in [6.45, 7) is 12.4. The zero-order valence-electron chi connectivity index (χ0n) is 13.7. The predicted octanol–water partition coefficient (Wildman–Crippen LogP) is 1.81. The molecule has 3 rings (SSSR count). The molecular formula is C15H26O6. The van der Waals surface area contributed by atoms with Gasteiger partial charge in [-0.2, -0.15) is 0 Å². The van der Waals surface area contributed by atoms with Gasteiger partial charge in [0.25, 0.3) is 0 Å². The van der Waals surface area contributed by atoms with Crippen molar-refractivity contribution in [1.29, 1.82) is 0 Å². The van der Waals surface area contributed by atoms with Crippen LogP contribution in [0.3, 0.4) is 0 Å². The molecule has 0 aliphatic carbocycles. The van der Waals surface area contributed by atoms with Gasteiger partial charge in [0.2, 0.25) is 0 Å². The van der Waals surface area contributed by atoms with Gasteiger partial charge in [0.05, 0.1) is 13.2 Å². The minimum atomic E-state index is -0.665. The first-order chi connectivity index (χ1) is 9.57. The molecule has 6 heteroatoms. The van der Waals surface area contributed by atoms with E-state index in [0.717, 1.165) is 0 Å². The van der Waals surface area contributed by atoms with Crippen LogP contribution in [-0.4, -0.2) is 55.0 Å². The summed E-state index contributed by atoms with van der Waals surface area (Å²) in [5, 5.41) is 0. The first kappa shape index (κ1) is 15.6. The Hall–Kier alpha value is -0.240. The van der Waals surface area contributed by atoms with Crippen LogP contribution in [0.1, 0.15) is 41.5 Å². The van der Waals surface area contributed by atoms with E-state index in [1.165, 1.54) is 0 Å². The highest BCUT2D eigenvalue weighted by Crippen LogP contribution is 2.39. The van der Waals surface area contributed by atoms with E-state index in [1.807, 2.05) is 41.5 Å². The van der Waals surface area contributed by atoms with E-state index in [-0.39, 0.29) is 24.4 Å². The molecule has 6 nitrogen and oxygen atoms in total. The van der Waals surface area contributed by atoms with Crippen LogP contribution >= 0.6 is 0 Å². The zero-order valence-corrected chi connectivity index (χ0v) is 13.7. The first-order valence-corrected chi connectivity index (χ1v) is 7.56. The first-order valence-electron chi connectivity index (χ1n) is 7.56. The van der Waals surface area contributed by atoms with Crippen molar-refractivity contribution in [2.75, 3.05) is 13.2 Å². The third-order valence-corrected chi connectivity index (χ3v) is 3.96. The summed E-state index contributed by atoms with van der Waals surface area (Å²) in [5.74, 6) is -1.84. The minimum Gasteiger partial charge on any atom is -0.348 e. The van der Waals surface area contributed by atoms with Gasteiger partial charge in [0.1, 0.15) is 24.4 Å². The lowest BCUT2D eigenvalue weighted by atomic mass is 10.0. The van der Waals surface area contributed by atoms with Crippen molar-refractivity contribution >= 4 is 0 Å². The zero-order chi connectivity index (χ0) is 15.5. The number of rotatable bonds is 2. The Bertz CT molecular complexity index is 369. The number of hydrogen-bond acceptors (Lipinski definition) is 6. The molecule has 2 unspecified atom stereocenters. The van der Waals surface area contributed by atoms with Crippen molar-refractivity contribution in [2.45, 2.75) is 83.3 Å². The van der Waals surface area contributed by atoms with Gasteiger partial charge in [0, 0.05) is 0 Å². The van der Waals surface area contributed by atoms with Crippen molar-refractivity contribution in [1.82, 2.24) is 0 Å². The summed E-state index contributed by atoms with van der Waals surface area (Å²) < 4.78 is 35.3. The molecule has 0 aromatic rings. The fourth-order valence-electron chi connectivity index (χ4n) is 3.15. The highest BCUT2D eigenvalue weighted by Gasteiger charge is 2.54. The quantitative estimate of drug-likeness (QED) is 0.775. The molecule has 0 saturated carbocycles. The van der Waals surface area contributed by atoms with Crippen molar-refractivity contribution in [3.05, 3.63) is 0 Å². The molecule has 3 aliphatic rings. The second kappa shape index (κ2) is 4.88. The van der Waals surface area contributed by atoms with E-state index in [1.54, 1.807) is 0 Å². The average molecular weight is 302 g/mol. The Kier molecular flexibility index (Phi) is 3.63.